The van der Waals surface area contributed by atoms with Crippen molar-refractivity contribution in [2.45, 2.75) is 30.7 Å². The Bertz CT molecular complexity index is 869. The molecule has 2 aromatic heterocycles. The van der Waals surface area contributed by atoms with Gasteiger partial charge in [0.25, 0.3) is 5.91 Å². The Morgan fingerprint density at radius 1 is 1.48 bits per heavy atom. The molecule has 3 heterocycles. The predicted molar refractivity (Wildman–Crippen MR) is 95.0 cm³/mol. The Hall–Kier alpha value is -2.88. The first-order valence-corrected chi connectivity index (χ1v) is 9.24. The lowest BCUT2D eigenvalue weighted by Gasteiger charge is -2.18. The minimum absolute atomic E-state index is 0.244. The summed E-state index contributed by atoms with van der Waals surface area (Å²) in [6.07, 6.45) is 0.480. The fourth-order valence-corrected chi connectivity index (χ4v) is 3.33. The lowest BCUT2D eigenvalue weighted by Crippen LogP contribution is -2.41. The van der Waals surface area contributed by atoms with Gasteiger partial charge in [-0.25, -0.2) is 14.6 Å². The summed E-state index contributed by atoms with van der Waals surface area (Å²) in [6, 6.07) is 4.51. The molecule has 1 fully saturated rings. The Kier molecular flexibility index (Phi) is 5.75. The quantitative estimate of drug-likeness (QED) is 0.586. The fraction of sp³-hybridized carbons (Fsp3) is 0.353. The highest BCUT2D eigenvalue weighted by molar-refractivity contribution is 7.98. The zero-order chi connectivity index (χ0) is 19.4. The minimum atomic E-state index is -1.09. The van der Waals surface area contributed by atoms with Crippen molar-refractivity contribution in [1.29, 1.82) is 0 Å². The van der Waals surface area contributed by atoms with E-state index in [2.05, 4.69) is 15.5 Å². The molecule has 9 nitrogen and oxygen atoms in total. The number of amides is 3. The number of hydrogen-bond donors (Lipinski definition) is 1. The number of ether oxygens (including phenoxy) is 1. The molecule has 1 unspecified atom stereocenters. The molecule has 1 atom stereocenters. The maximum atomic E-state index is 12.5. The van der Waals surface area contributed by atoms with Crippen LogP contribution in [0.3, 0.4) is 0 Å². The first kappa shape index (κ1) is 18.9. The molecular weight excluding hydrogens is 372 g/mol. The summed E-state index contributed by atoms with van der Waals surface area (Å²) >= 11 is 1.31. The minimum Gasteiger partial charge on any atom is -0.449 e. The van der Waals surface area contributed by atoms with E-state index in [1.54, 1.807) is 31.3 Å². The molecule has 1 aliphatic rings. The number of carbonyl (C=O) groups is 3. The van der Waals surface area contributed by atoms with Crippen molar-refractivity contribution in [1.82, 2.24) is 20.4 Å². The van der Waals surface area contributed by atoms with Crippen LogP contribution < -0.4 is 5.32 Å². The zero-order valence-corrected chi connectivity index (χ0v) is 15.6. The second-order valence-electron chi connectivity index (χ2n) is 5.84. The van der Waals surface area contributed by atoms with E-state index < -0.39 is 24.0 Å². The summed E-state index contributed by atoms with van der Waals surface area (Å²) in [4.78, 5) is 41.6. The van der Waals surface area contributed by atoms with Crippen molar-refractivity contribution in [3.05, 3.63) is 41.4 Å². The Labute approximate surface area is 159 Å². The first-order valence-electron chi connectivity index (χ1n) is 8.26. The number of rotatable bonds is 6. The zero-order valence-electron chi connectivity index (χ0n) is 14.8. The normalized spacial score (nSPS) is 14.7. The van der Waals surface area contributed by atoms with E-state index in [0.29, 0.717) is 23.1 Å². The number of nitrogens with zero attached hydrogens (tertiary/aromatic N) is 3. The van der Waals surface area contributed by atoms with Gasteiger partial charge in [0.05, 0.1) is 11.3 Å². The SMILES string of the molecule is Cc1cc(CSc2ncccc2C(=O)OC(C)C(=O)N2CCNC2=O)no1. The van der Waals surface area contributed by atoms with Crippen LogP contribution in [0.2, 0.25) is 0 Å². The second kappa shape index (κ2) is 8.21. The molecule has 0 spiro atoms. The number of hydrogen-bond acceptors (Lipinski definition) is 8. The van der Waals surface area contributed by atoms with E-state index in [1.165, 1.54) is 18.7 Å². The molecule has 142 valence electrons. The molecule has 27 heavy (non-hydrogen) atoms. The molecule has 1 N–H and O–H groups in total. The van der Waals surface area contributed by atoms with E-state index in [4.69, 9.17) is 9.26 Å². The van der Waals surface area contributed by atoms with Gasteiger partial charge in [0.15, 0.2) is 6.10 Å². The van der Waals surface area contributed by atoms with E-state index in [-0.39, 0.29) is 12.1 Å². The molecule has 10 heteroatoms. The van der Waals surface area contributed by atoms with Gasteiger partial charge >= 0.3 is 12.0 Å². The van der Waals surface area contributed by atoms with Gasteiger partial charge in [0, 0.05) is 31.1 Å². The molecule has 1 aliphatic heterocycles. The average Bonchev–Trinajstić information content (AvgIpc) is 3.27. The number of nitrogens with one attached hydrogen (secondary N) is 1. The lowest BCUT2D eigenvalue weighted by atomic mass is 10.3. The molecule has 3 rings (SSSR count). The van der Waals surface area contributed by atoms with E-state index in [0.717, 1.165) is 10.6 Å². The number of imide groups is 1. The monoisotopic (exact) mass is 390 g/mol. The maximum Gasteiger partial charge on any atom is 0.341 e. The molecule has 0 saturated carbocycles. The Morgan fingerprint density at radius 3 is 2.96 bits per heavy atom. The standard InChI is InChI=1S/C17H18N4O5S/c1-10-8-12(20-26-10)9-27-14-13(4-3-5-18-14)16(23)25-11(2)15(22)21-7-6-19-17(21)24/h3-5,8,11H,6-7,9H2,1-2H3,(H,19,24). The van der Waals surface area contributed by atoms with Crippen LogP contribution in [-0.2, 0) is 15.3 Å². The van der Waals surface area contributed by atoms with Crippen molar-refractivity contribution in [2.75, 3.05) is 13.1 Å². The summed E-state index contributed by atoms with van der Waals surface area (Å²) < 4.78 is 10.3. The van der Waals surface area contributed by atoms with Crippen LogP contribution >= 0.6 is 11.8 Å². The van der Waals surface area contributed by atoms with Gasteiger partial charge in [0.2, 0.25) is 0 Å². The average molecular weight is 390 g/mol. The topological polar surface area (TPSA) is 115 Å². The first-order chi connectivity index (χ1) is 13.0. The van der Waals surface area contributed by atoms with Crippen molar-refractivity contribution >= 4 is 29.7 Å². The van der Waals surface area contributed by atoms with Crippen LogP contribution in [0.4, 0.5) is 4.79 Å². The van der Waals surface area contributed by atoms with E-state index in [1.807, 2.05) is 0 Å². The van der Waals surface area contributed by atoms with Crippen molar-refractivity contribution in [3.8, 4) is 0 Å². The lowest BCUT2D eigenvalue weighted by molar-refractivity contribution is -0.136. The number of thioether (sulfide) groups is 1. The van der Waals surface area contributed by atoms with Crippen LogP contribution in [0, 0.1) is 6.92 Å². The summed E-state index contributed by atoms with van der Waals surface area (Å²) in [5, 5.41) is 6.89. The van der Waals surface area contributed by atoms with Crippen LogP contribution in [0.15, 0.2) is 33.9 Å². The van der Waals surface area contributed by atoms with Gasteiger partial charge < -0.3 is 14.6 Å². The number of esters is 1. The van der Waals surface area contributed by atoms with Gasteiger partial charge in [-0.05, 0) is 26.0 Å². The molecule has 2 aromatic rings. The van der Waals surface area contributed by atoms with Gasteiger partial charge in [0.1, 0.15) is 10.8 Å². The highest BCUT2D eigenvalue weighted by atomic mass is 32.2. The van der Waals surface area contributed by atoms with Crippen molar-refractivity contribution in [3.63, 3.8) is 0 Å². The molecule has 0 radical (unpaired) electrons. The smallest absolute Gasteiger partial charge is 0.341 e. The molecular formula is C17H18N4O5S. The molecule has 1 saturated heterocycles. The third kappa shape index (κ3) is 4.45. The largest absolute Gasteiger partial charge is 0.449 e. The Balaban J connectivity index is 1.65. The molecule has 0 bridgehead atoms. The van der Waals surface area contributed by atoms with Gasteiger partial charge in [-0.1, -0.05) is 16.9 Å². The van der Waals surface area contributed by atoms with Crippen LogP contribution in [-0.4, -0.2) is 52.1 Å². The van der Waals surface area contributed by atoms with E-state index >= 15 is 0 Å². The summed E-state index contributed by atoms with van der Waals surface area (Å²) in [7, 11) is 0. The van der Waals surface area contributed by atoms with Crippen molar-refractivity contribution < 1.29 is 23.6 Å². The van der Waals surface area contributed by atoms with E-state index in [9.17, 15) is 14.4 Å². The van der Waals surface area contributed by atoms with Crippen molar-refractivity contribution in [2.24, 2.45) is 0 Å². The third-order valence-corrected chi connectivity index (χ3v) is 4.82. The highest BCUT2D eigenvalue weighted by Gasteiger charge is 2.32. The van der Waals surface area contributed by atoms with Gasteiger partial charge in [-0.3, -0.25) is 9.69 Å². The third-order valence-electron chi connectivity index (χ3n) is 3.78. The molecule has 0 aliphatic carbocycles. The maximum absolute atomic E-state index is 12.5. The number of urea groups is 1. The number of carbonyl (C=O) groups excluding carboxylic acids is 3. The molecule has 0 aromatic carbocycles. The summed E-state index contributed by atoms with van der Waals surface area (Å²) in [6.45, 7) is 3.87. The predicted octanol–water partition coefficient (Wildman–Crippen LogP) is 1.77. The fourth-order valence-electron chi connectivity index (χ4n) is 2.47. The number of pyridine rings is 1. The summed E-state index contributed by atoms with van der Waals surface area (Å²) in [5.41, 5.74) is 0.972. The van der Waals surface area contributed by atoms with Crippen LogP contribution in [0.5, 0.6) is 0 Å². The molecule has 3 amide bonds. The second-order valence-corrected chi connectivity index (χ2v) is 6.81. The van der Waals surface area contributed by atoms with Crippen LogP contribution in [0.25, 0.3) is 0 Å². The van der Waals surface area contributed by atoms with Gasteiger partial charge in [-0.15, -0.1) is 0 Å². The Morgan fingerprint density at radius 2 is 2.30 bits per heavy atom. The van der Waals surface area contributed by atoms with Crippen LogP contribution in [0.1, 0.15) is 28.7 Å². The number of aromatic nitrogens is 2. The summed E-state index contributed by atoms with van der Waals surface area (Å²) in [5.74, 6) is -0.0710. The highest BCUT2D eigenvalue weighted by Crippen LogP contribution is 2.25. The van der Waals surface area contributed by atoms with Gasteiger partial charge in [-0.2, -0.15) is 0 Å². The number of aryl methyl sites for hydroxylation is 1.